The topological polar surface area (TPSA) is 21.3 Å². The molecule has 0 amide bonds. The molecule has 0 aliphatic heterocycles. The number of allylic oxidation sites excluding steroid dienone is 2. The molecule has 2 nitrogen and oxygen atoms in total. The monoisotopic (exact) mass is 364 g/mol. The Kier molecular flexibility index (Phi) is 12.3. The second kappa shape index (κ2) is 11.3. The first-order valence-corrected chi connectivity index (χ1v) is 7.03. The van der Waals surface area contributed by atoms with Gasteiger partial charge < -0.3 is 10.1 Å². The largest absolute Gasteiger partial charge is 3.00 e. The van der Waals surface area contributed by atoms with Gasteiger partial charge in [0.25, 0.3) is 0 Å². The Morgan fingerprint density at radius 2 is 1.71 bits per heavy atom. The third-order valence-electron chi connectivity index (χ3n) is 3.51. The summed E-state index contributed by atoms with van der Waals surface area (Å²) in [5.41, 5.74) is 2.23. The van der Waals surface area contributed by atoms with Crippen molar-refractivity contribution in [2.45, 2.75) is 53.2 Å². The van der Waals surface area contributed by atoms with E-state index in [1.54, 1.807) is 6.08 Å². The van der Waals surface area contributed by atoms with Gasteiger partial charge in [0.15, 0.2) is 0 Å². The van der Waals surface area contributed by atoms with E-state index in [-0.39, 0.29) is 44.4 Å². The van der Waals surface area contributed by atoms with Crippen LogP contribution in [0, 0.1) is 26.8 Å². The van der Waals surface area contributed by atoms with Crippen LogP contribution >= 0.6 is 0 Å². The van der Waals surface area contributed by atoms with Gasteiger partial charge in [-0.1, -0.05) is 13.8 Å². The first-order chi connectivity index (χ1) is 9.30. The van der Waals surface area contributed by atoms with Crippen molar-refractivity contribution in [3.63, 3.8) is 0 Å². The molecule has 0 fully saturated rings. The molecule has 0 saturated heterocycles. The first-order valence-electron chi connectivity index (χ1n) is 7.03. The minimum Gasteiger partial charge on any atom is -0.514 e. The third kappa shape index (κ3) is 8.04. The molecule has 1 aromatic rings. The van der Waals surface area contributed by atoms with Crippen LogP contribution < -0.4 is 10.1 Å². The smallest absolute Gasteiger partial charge is 0.514 e. The van der Waals surface area contributed by atoms with Gasteiger partial charge in [0.1, 0.15) is 6.10 Å². The summed E-state index contributed by atoms with van der Waals surface area (Å²) in [5.74, 6) is 0.981. The fourth-order valence-electron chi connectivity index (χ4n) is 1.45. The van der Waals surface area contributed by atoms with E-state index in [1.807, 2.05) is 32.2 Å². The number of benzene rings is 1. The van der Waals surface area contributed by atoms with Gasteiger partial charge in [-0.05, 0) is 27.8 Å². The maximum atomic E-state index is 6.05. The number of likely N-dealkylation sites (N-methyl/N-ethyl adjacent to an activating group) is 1. The molecule has 1 unspecified atom stereocenters. The van der Waals surface area contributed by atoms with Crippen molar-refractivity contribution in [1.29, 1.82) is 0 Å². The van der Waals surface area contributed by atoms with E-state index in [1.165, 1.54) is 0 Å². The average molecular weight is 364 g/mol. The van der Waals surface area contributed by atoms with Crippen molar-refractivity contribution in [3.8, 4) is 5.75 Å². The van der Waals surface area contributed by atoms with E-state index in [9.17, 15) is 0 Å². The summed E-state index contributed by atoms with van der Waals surface area (Å²) in [6.45, 7) is 15.8. The second-order valence-electron chi connectivity index (χ2n) is 5.45. The third-order valence-corrected chi connectivity index (χ3v) is 3.51. The van der Waals surface area contributed by atoms with Crippen molar-refractivity contribution in [2.24, 2.45) is 0 Å². The van der Waals surface area contributed by atoms with Crippen molar-refractivity contribution < 1.29 is 37.4 Å². The Bertz CT molecular complexity index is 403. The minimum atomic E-state index is -0.0432. The number of hydrogen-bond acceptors (Lipinski definition) is 2. The van der Waals surface area contributed by atoms with E-state index in [0.717, 1.165) is 16.9 Å². The molecule has 1 N–H and O–H groups in total. The van der Waals surface area contributed by atoms with Gasteiger partial charge >= 0.3 is 32.7 Å². The normalized spacial score (nSPS) is 12.1. The minimum absolute atomic E-state index is 0. The molecule has 0 bridgehead atoms. The molecule has 0 aliphatic rings. The van der Waals surface area contributed by atoms with E-state index in [0.29, 0.717) is 0 Å². The Morgan fingerprint density at radius 3 is 2.05 bits per heavy atom. The maximum absolute atomic E-state index is 6.05. The molecule has 0 saturated carbocycles. The second-order valence-corrected chi connectivity index (χ2v) is 5.45. The molecule has 114 valence electrons. The van der Waals surface area contributed by atoms with E-state index in [4.69, 9.17) is 4.74 Å². The summed E-state index contributed by atoms with van der Waals surface area (Å²) < 4.78 is 6.05. The first kappa shape index (κ1) is 23.0. The summed E-state index contributed by atoms with van der Waals surface area (Å²) in [4.78, 5) is 0. The SMILES string of the molecule is CNC(C)(C)C(C)Oc1c(C)c[c-]cc1C.[CH2-]/C=C/C.[Y+3]. The zero-order valence-electron chi connectivity index (χ0n) is 14.6. The Morgan fingerprint density at radius 1 is 1.29 bits per heavy atom. The van der Waals surface area contributed by atoms with Crippen molar-refractivity contribution in [1.82, 2.24) is 5.32 Å². The summed E-state index contributed by atoms with van der Waals surface area (Å²) in [7, 11) is 1.96. The molecule has 0 heterocycles. The van der Waals surface area contributed by atoms with Crippen LogP contribution in [-0.2, 0) is 32.7 Å². The maximum Gasteiger partial charge on any atom is 3.00 e. The van der Waals surface area contributed by atoms with Crippen LogP contribution in [0.1, 0.15) is 38.8 Å². The molecule has 0 radical (unpaired) electrons. The number of ether oxygens (including phenoxy) is 1. The van der Waals surface area contributed by atoms with E-state index in [2.05, 4.69) is 52.9 Å². The van der Waals surface area contributed by atoms with Crippen LogP contribution in [0.2, 0.25) is 0 Å². The number of aryl methyl sites for hydroxylation is 2. The van der Waals surface area contributed by atoms with Gasteiger partial charge in [0.05, 0.1) is 0 Å². The molecule has 1 aromatic carbocycles. The van der Waals surface area contributed by atoms with Crippen LogP contribution in [0.4, 0.5) is 0 Å². The van der Waals surface area contributed by atoms with Crippen LogP contribution in [0.3, 0.4) is 0 Å². The number of rotatable bonds is 4. The molecule has 0 aromatic heterocycles. The Labute approximate surface area is 156 Å². The number of nitrogens with one attached hydrogen (secondary N) is 1. The quantitative estimate of drug-likeness (QED) is 0.806. The van der Waals surface area contributed by atoms with Gasteiger partial charge in [0, 0.05) is 11.3 Å². The van der Waals surface area contributed by atoms with Crippen LogP contribution in [0.15, 0.2) is 24.3 Å². The van der Waals surface area contributed by atoms with Crippen molar-refractivity contribution in [3.05, 3.63) is 48.4 Å². The van der Waals surface area contributed by atoms with Crippen LogP contribution in [0.25, 0.3) is 0 Å². The van der Waals surface area contributed by atoms with Gasteiger partial charge in [-0.15, -0.1) is 18.1 Å². The fourth-order valence-corrected chi connectivity index (χ4v) is 1.45. The summed E-state index contributed by atoms with van der Waals surface area (Å²) in [6.07, 6.45) is 3.75. The molecule has 1 rings (SSSR count). The standard InChI is InChI=1S/C14H22NO.C4H7.Y/c1-10-8-7-9-11(2)13(10)16-12(3)14(4,5)15-6;1-3-4-2;/h8-9,12,15H,1-6H3;3-4H,1H2,2H3;/q2*-1;+3/b;4-3+;. The van der Waals surface area contributed by atoms with Crippen LogP contribution in [-0.4, -0.2) is 18.7 Å². The molecular formula is C18H29NOY+. The molecule has 0 aliphatic carbocycles. The molecular weight excluding hydrogens is 335 g/mol. The zero-order valence-corrected chi connectivity index (χ0v) is 17.4. The summed E-state index contributed by atoms with van der Waals surface area (Å²) in [6, 6.07) is 7.02. The molecule has 0 spiro atoms. The fraction of sp³-hybridized carbons (Fsp3) is 0.500. The molecule has 3 heteroatoms. The van der Waals surface area contributed by atoms with Gasteiger partial charge in [-0.3, -0.25) is 0 Å². The van der Waals surface area contributed by atoms with Gasteiger partial charge in [-0.2, -0.15) is 18.2 Å². The average Bonchev–Trinajstić information content (AvgIpc) is 2.43. The predicted molar refractivity (Wildman–Crippen MR) is 88.2 cm³/mol. The molecule has 1 atom stereocenters. The zero-order chi connectivity index (χ0) is 15.8. The van der Waals surface area contributed by atoms with Crippen LogP contribution in [0.5, 0.6) is 5.75 Å². The van der Waals surface area contributed by atoms with Crippen molar-refractivity contribution in [2.75, 3.05) is 7.05 Å². The summed E-state index contributed by atoms with van der Waals surface area (Å²) >= 11 is 0. The van der Waals surface area contributed by atoms with Gasteiger partial charge in [0.2, 0.25) is 0 Å². The number of hydrogen-bond donors (Lipinski definition) is 1. The summed E-state index contributed by atoms with van der Waals surface area (Å²) in [5, 5.41) is 3.27. The Balaban J connectivity index is 0. The van der Waals surface area contributed by atoms with Gasteiger partial charge in [-0.25, -0.2) is 19.1 Å². The van der Waals surface area contributed by atoms with E-state index < -0.39 is 0 Å². The van der Waals surface area contributed by atoms with Crippen molar-refractivity contribution >= 4 is 0 Å². The predicted octanol–water partition coefficient (Wildman–Crippen LogP) is 4.26. The Hall–Kier alpha value is -0.306. The molecule has 21 heavy (non-hydrogen) atoms. The van der Waals surface area contributed by atoms with E-state index >= 15 is 0 Å².